The summed E-state index contributed by atoms with van der Waals surface area (Å²) in [5.41, 5.74) is -3.38. The van der Waals surface area contributed by atoms with Crippen LogP contribution in [-0.2, 0) is 5.60 Å². The Hall–Kier alpha value is -2.25. The minimum Gasteiger partial charge on any atom is -0.496 e. The first kappa shape index (κ1) is 22.0. The van der Waals surface area contributed by atoms with E-state index in [2.05, 4.69) is 4.99 Å². The van der Waals surface area contributed by atoms with Gasteiger partial charge in [-0.1, -0.05) is 29.8 Å². The third-order valence-electron chi connectivity index (χ3n) is 4.47. The van der Waals surface area contributed by atoms with Crippen molar-refractivity contribution in [3.63, 3.8) is 0 Å². The summed E-state index contributed by atoms with van der Waals surface area (Å²) in [6, 6.07) is 7.93. The second kappa shape index (κ2) is 8.41. The van der Waals surface area contributed by atoms with Gasteiger partial charge in [-0.05, 0) is 31.5 Å². The van der Waals surface area contributed by atoms with E-state index in [4.69, 9.17) is 16.3 Å². The van der Waals surface area contributed by atoms with Crippen molar-refractivity contribution in [3.05, 3.63) is 58.1 Å². The molecular weight excluding hydrogens is 393 g/mol. The number of aliphatic imine (C=N–C) groups is 1. The second-order valence-electron chi connectivity index (χ2n) is 6.34. The molecule has 0 aliphatic rings. The van der Waals surface area contributed by atoms with Crippen molar-refractivity contribution >= 4 is 23.6 Å². The molecular formula is C20H22ClF3N2O2. The average molecular weight is 415 g/mol. The van der Waals surface area contributed by atoms with E-state index in [1.54, 1.807) is 13.3 Å². The molecule has 1 N–H and O–H groups in total. The Kier molecular flexibility index (Phi) is 6.62. The van der Waals surface area contributed by atoms with E-state index in [0.717, 1.165) is 12.6 Å². The van der Waals surface area contributed by atoms with E-state index in [-0.39, 0.29) is 10.8 Å². The summed E-state index contributed by atoms with van der Waals surface area (Å²) >= 11 is 6.00. The highest BCUT2D eigenvalue weighted by molar-refractivity contribution is 6.31. The maximum Gasteiger partial charge on any atom is 0.425 e. The zero-order valence-electron chi connectivity index (χ0n) is 16.0. The van der Waals surface area contributed by atoms with Gasteiger partial charge in [-0.25, -0.2) is 4.99 Å². The zero-order valence-corrected chi connectivity index (χ0v) is 16.8. The Bertz CT molecular complexity index is 871. The summed E-state index contributed by atoms with van der Waals surface area (Å²) in [5.74, 6) is -0.142. The lowest BCUT2D eigenvalue weighted by atomic mass is 9.84. The minimum absolute atomic E-state index is 0.142. The molecule has 2 aromatic carbocycles. The molecule has 0 aliphatic carbocycles. The summed E-state index contributed by atoms with van der Waals surface area (Å²) in [4.78, 5) is 6.11. The molecule has 1 atom stereocenters. The van der Waals surface area contributed by atoms with Crippen molar-refractivity contribution in [2.24, 2.45) is 4.99 Å². The predicted molar refractivity (Wildman–Crippen MR) is 105 cm³/mol. The monoisotopic (exact) mass is 414 g/mol. The summed E-state index contributed by atoms with van der Waals surface area (Å²) in [6.07, 6.45) is -3.46. The van der Waals surface area contributed by atoms with Crippen LogP contribution in [0.1, 0.15) is 23.6 Å². The van der Waals surface area contributed by atoms with Gasteiger partial charge < -0.3 is 14.7 Å². The molecule has 0 aliphatic heterocycles. The molecule has 152 valence electrons. The van der Waals surface area contributed by atoms with E-state index < -0.39 is 22.9 Å². The Morgan fingerprint density at radius 1 is 1.21 bits per heavy atom. The number of alkyl halides is 3. The molecule has 8 heteroatoms. The number of methoxy groups -OCH3 is 1. The maximum atomic E-state index is 14.1. The van der Waals surface area contributed by atoms with Crippen LogP contribution in [0.4, 0.5) is 18.9 Å². The number of benzene rings is 2. The lowest BCUT2D eigenvalue weighted by Gasteiger charge is -2.33. The molecule has 0 radical (unpaired) electrons. The fourth-order valence-electron chi connectivity index (χ4n) is 2.72. The van der Waals surface area contributed by atoms with Gasteiger partial charge in [-0.15, -0.1) is 0 Å². The highest BCUT2D eigenvalue weighted by Gasteiger charge is 2.58. The topological polar surface area (TPSA) is 45.1 Å². The summed E-state index contributed by atoms with van der Waals surface area (Å²) in [6.45, 7) is 4.28. The van der Waals surface area contributed by atoms with E-state index >= 15 is 0 Å². The van der Waals surface area contributed by atoms with Gasteiger partial charge in [-0.3, -0.25) is 0 Å². The molecule has 0 aromatic heterocycles. The summed E-state index contributed by atoms with van der Waals surface area (Å²) in [5, 5.41) is 10.7. The van der Waals surface area contributed by atoms with Crippen LogP contribution in [0.25, 0.3) is 0 Å². The number of rotatable bonds is 6. The van der Waals surface area contributed by atoms with Crippen molar-refractivity contribution in [2.75, 3.05) is 20.7 Å². The lowest BCUT2D eigenvalue weighted by Crippen LogP contribution is -2.44. The van der Waals surface area contributed by atoms with Crippen molar-refractivity contribution in [3.8, 4) is 5.75 Å². The lowest BCUT2D eigenvalue weighted by molar-refractivity contribution is -0.248. The molecule has 0 saturated heterocycles. The number of nitrogens with zero attached hydrogens (tertiary/aromatic N) is 2. The van der Waals surface area contributed by atoms with Crippen LogP contribution < -0.4 is 4.74 Å². The van der Waals surface area contributed by atoms with Gasteiger partial charge in [0.1, 0.15) is 5.75 Å². The fourth-order valence-corrected chi connectivity index (χ4v) is 2.99. The minimum atomic E-state index is -5.04. The number of halogens is 4. The molecule has 0 fully saturated rings. The third-order valence-corrected chi connectivity index (χ3v) is 4.80. The molecule has 2 aromatic rings. The van der Waals surface area contributed by atoms with Crippen LogP contribution in [-0.4, -0.2) is 43.2 Å². The smallest absolute Gasteiger partial charge is 0.425 e. The number of aliphatic hydroxyl groups is 1. The molecule has 1 unspecified atom stereocenters. The molecule has 0 saturated carbocycles. The Balaban J connectivity index is 2.73. The van der Waals surface area contributed by atoms with Gasteiger partial charge in [-0.2, -0.15) is 13.2 Å². The normalized spacial score (nSPS) is 14.2. The van der Waals surface area contributed by atoms with Gasteiger partial charge in [0.15, 0.2) is 0 Å². The first-order valence-electron chi connectivity index (χ1n) is 8.53. The third kappa shape index (κ3) is 4.10. The zero-order chi connectivity index (χ0) is 21.1. The molecule has 2 rings (SSSR count). The number of hydrogen-bond acceptors (Lipinski definition) is 3. The van der Waals surface area contributed by atoms with Gasteiger partial charge in [0.05, 0.1) is 19.1 Å². The van der Waals surface area contributed by atoms with Crippen LogP contribution in [0.15, 0.2) is 41.4 Å². The van der Waals surface area contributed by atoms with Crippen molar-refractivity contribution < 1.29 is 23.0 Å². The van der Waals surface area contributed by atoms with Crippen LogP contribution >= 0.6 is 11.6 Å². The molecule has 28 heavy (non-hydrogen) atoms. The van der Waals surface area contributed by atoms with Crippen molar-refractivity contribution in [1.82, 2.24) is 4.90 Å². The van der Waals surface area contributed by atoms with Crippen LogP contribution in [0.5, 0.6) is 5.75 Å². The number of hydrogen-bond donors (Lipinski definition) is 1. The first-order valence-corrected chi connectivity index (χ1v) is 8.91. The number of aryl methyl sites for hydroxylation is 1. The molecule has 0 amide bonds. The summed E-state index contributed by atoms with van der Waals surface area (Å²) < 4.78 is 47.5. The SMILES string of the molecule is CCN(C)/C=N/c1cc(OC)c(C(O)(c2ccccc2Cl)C(F)(F)F)cc1C. The Morgan fingerprint density at radius 2 is 1.86 bits per heavy atom. The van der Waals surface area contributed by atoms with E-state index in [9.17, 15) is 18.3 Å². The second-order valence-corrected chi connectivity index (χ2v) is 6.75. The molecule has 4 nitrogen and oxygen atoms in total. The van der Waals surface area contributed by atoms with Gasteiger partial charge >= 0.3 is 6.18 Å². The van der Waals surface area contributed by atoms with E-state index in [1.165, 1.54) is 37.4 Å². The standard InChI is InChI=1S/C20H22ClF3N2O2/c1-5-26(3)12-25-17-11-18(28-4)15(10-13(17)2)19(27,20(22,23)24)14-8-6-7-9-16(14)21/h6-12,27H,5H2,1-4H3/b25-12+. The van der Waals surface area contributed by atoms with Crippen LogP contribution in [0.2, 0.25) is 5.02 Å². The fraction of sp³-hybridized carbons (Fsp3) is 0.350. The Labute approximate surface area is 167 Å². The Morgan fingerprint density at radius 3 is 2.39 bits per heavy atom. The molecule has 0 heterocycles. The summed E-state index contributed by atoms with van der Waals surface area (Å²) in [7, 11) is 3.06. The largest absolute Gasteiger partial charge is 0.496 e. The predicted octanol–water partition coefficient (Wildman–Crippen LogP) is 5.07. The van der Waals surface area contributed by atoms with Gasteiger partial charge in [0.2, 0.25) is 5.60 Å². The maximum absolute atomic E-state index is 14.1. The van der Waals surface area contributed by atoms with E-state index in [0.29, 0.717) is 11.3 Å². The van der Waals surface area contributed by atoms with Crippen molar-refractivity contribution in [2.45, 2.75) is 25.6 Å². The quantitative estimate of drug-likeness (QED) is 0.530. The average Bonchev–Trinajstić information content (AvgIpc) is 2.65. The van der Waals surface area contributed by atoms with Gasteiger partial charge in [0, 0.05) is 35.8 Å². The van der Waals surface area contributed by atoms with Crippen LogP contribution in [0, 0.1) is 6.92 Å². The van der Waals surface area contributed by atoms with Gasteiger partial charge in [0.25, 0.3) is 0 Å². The molecule has 0 spiro atoms. The van der Waals surface area contributed by atoms with Crippen molar-refractivity contribution in [1.29, 1.82) is 0 Å². The van der Waals surface area contributed by atoms with Crippen LogP contribution in [0.3, 0.4) is 0 Å². The highest BCUT2D eigenvalue weighted by atomic mass is 35.5. The van der Waals surface area contributed by atoms with E-state index in [1.807, 2.05) is 18.9 Å². The number of ether oxygens (including phenoxy) is 1. The highest BCUT2D eigenvalue weighted by Crippen LogP contribution is 2.50. The first-order chi connectivity index (χ1) is 13.1. The molecule has 0 bridgehead atoms.